The highest BCUT2D eigenvalue weighted by Crippen LogP contribution is 2.21. The van der Waals surface area contributed by atoms with Crippen molar-refractivity contribution in [1.29, 1.82) is 0 Å². The third kappa shape index (κ3) is 4.64. The number of carbonyl (C=O) groups is 1. The Morgan fingerprint density at radius 3 is 2.52 bits per heavy atom. The van der Waals surface area contributed by atoms with E-state index in [1.807, 2.05) is 45.0 Å². The van der Waals surface area contributed by atoms with Crippen LogP contribution in [0.15, 0.2) is 29.4 Å². The highest BCUT2D eigenvalue weighted by Gasteiger charge is 2.15. The zero-order valence-electron chi connectivity index (χ0n) is 15.5. The number of thioether (sulfide) groups is 1. The number of nitrogens with one attached hydrogen (secondary N) is 3. The number of benzene rings is 1. The number of hydrogen-bond donors (Lipinski definition) is 3. The molecule has 0 aliphatic heterocycles. The Labute approximate surface area is 161 Å². The van der Waals surface area contributed by atoms with Crippen LogP contribution in [0, 0.1) is 6.92 Å². The van der Waals surface area contributed by atoms with Gasteiger partial charge >= 0.3 is 0 Å². The smallest absolute Gasteiger partial charge is 0.261 e. The highest BCUT2D eigenvalue weighted by atomic mass is 32.2. The molecule has 0 spiro atoms. The van der Waals surface area contributed by atoms with Gasteiger partial charge in [-0.15, -0.1) is 10.2 Å². The van der Waals surface area contributed by atoms with Gasteiger partial charge in [0, 0.05) is 18.8 Å². The average Bonchev–Trinajstić information content (AvgIpc) is 3.06. The van der Waals surface area contributed by atoms with Crippen molar-refractivity contribution >= 4 is 41.0 Å². The molecule has 2 heterocycles. The number of nitrogens with zero attached hydrogens (tertiary/aromatic N) is 5. The van der Waals surface area contributed by atoms with Crippen LogP contribution in [0.1, 0.15) is 19.4 Å². The molecule has 142 valence electrons. The van der Waals surface area contributed by atoms with Crippen molar-refractivity contribution in [3.8, 4) is 0 Å². The first-order valence-corrected chi connectivity index (χ1v) is 9.69. The number of carbonyl (C=O) groups excluding carboxylic acids is 1. The molecule has 0 aliphatic rings. The zero-order chi connectivity index (χ0) is 19.2. The van der Waals surface area contributed by atoms with Gasteiger partial charge in [0.2, 0.25) is 17.8 Å². The summed E-state index contributed by atoms with van der Waals surface area (Å²) in [5.41, 5.74) is 1.91. The van der Waals surface area contributed by atoms with Crippen LogP contribution in [0.4, 0.5) is 17.6 Å². The van der Waals surface area contributed by atoms with Crippen molar-refractivity contribution in [2.45, 2.75) is 25.9 Å². The summed E-state index contributed by atoms with van der Waals surface area (Å²) in [5, 5.41) is 18.0. The number of fused-ring (bicyclic) bond motifs is 1. The number of rotatable bonds is 8. The van der Waals surface area contributed by atoms with E-state index in [4.69, 9.17) is 0 Å². The molecule has 2 aromatic heterocycles. The molecule has 10 heteroatoms. The predicted octanol–water partition coefficient (Wildman–Crippen LogP) is 2.42. The van der Waals surface area contributed by atoms with Crippen LogP contribution < -0.4 is 16.0 Å². The molecule has 0 saturated carbocycles. The summed E-state index contributed by atoms with van der Waals surface area (Å²) in [6, 6.07) is 7.67. The molecule has 1 aromatic carbocycles. The van der Waals surface area contributed by atoms with Crippen LogP contribution in [-0.2, 0) is 4.79 Å². The van der Waals surface area contributed by atoms with Crippen LogP contribution >= 0.6 is 11.8 Å². The number of hydrogen-bond acceptors (Lipinski definition) is 8. The van der Waals surface area contributed by atoms with Gasteiger partial charge in [0.05, 0.1) is 5.75 Å². The number of aryl methyl sites for hydroxylation is 1. The van der Waals surface area contributed by atoms with E-state index in [1.54, 1.807) is 4.40 Å². The molecule has 27 heavy (non-hydrogen) atoms. The molecule has 0 atom stereocenters. The first-order valence-electron chi connectivity index (χ1n) is 8.71. The van der Waals surface area contributed by atoms with Crippen LogP contribution in [-0.4, -0.2) is 49.3 Å². The second-order valence-corrected chi connectivity index (χ2v) is 6.69. The lowest BCUT2D eigenvalue weighted by atomic mass is 10.2. The van der Waals surface area contributed by atoms with Gasteiger partial charge in [0.15, 0.2) is 5.16 Å². The number of anilines is 3. The maximum Gasteiger partial charge on any atom is 0.261 e. The van der Waals surface area contributed by atoms with Gasteiger partial charge in [-0.1, -0.05) is 29.5 Å². The minimum absolute atomic E-state index is 0.115. The molecule has 3 aromatic rings. The summed E-state index contributed by atoms with van der Waals surface area (Å²) in [7, 11) is 0. The van der Waals surface area contributed by atoms with E-state index in [9.17, 15) is 4.79 Å². The first kappa shape index (κ1) is 18.9. The van der Waals surface area contributed by atoms with E-state index in [1.165, 1.54) is 11.8 Å². The van der Waals surface area contributed by atoms with Crippen molar-refractivity contribution in [3.63, 3.8) is 0 Å². The van der Waals surface area contributed by atoms with Crippen molar-refractivity contribution in [3.05, 3.63) is 29.8 Å². The summed E-state index contributed by atoms with van der Waals surface area (Å²) in [6.07, 6.45) is 0. The minimum Gasteiger partial charge on any atom is -0.355 e. The van der Waals surface area contributed by atoms with Crippen LogP contribution in [0.2, 0.25) is 0 Å². The lowest BCUT2D eigenvalue weighted by Gasteiger charge is -2.09. The van der Waals surface area contributed by atoms with Crippen LogP contribution in [0.5, 0.6) is 0 Å². The third-order valence-electron chi connectivity index (χ3n) is 3.58. The minimum atomic E-state index is -0.115. The van der Waals surface area contributed by atoms with Gasteiger partial charge < -0.3 is 16.0 Å². The predicted molar refractivity (Wildman–Crippen MR) is 107 cm³/mol. The zero-order valence-corrected chi connectivity index (χ0v) is 16.3. The molecule has 9 nitrogen and oxygen atoms in total. The molecule has 0 unspecified atom stereocenters. The van der Waals surface area contributed by atoms with E-state index >= 15 is 0 Å². The SMILES string of the molecule is CCNc1nc(NCC)n2c(SCC(=O)Nc3ccc(C)cc3)nnc2n1. The van der Waals surface area contributed by atoms with E-state index in [0.717, 1.165) is 11.3 Å². The summed E-state index contributed by atoms with van der Waals surface area (Å²) in [6.45, 7) is 7.35. The molecular formula is C17H22N8OS. The van der Waals surface area contributed by atoms with Crippen molar-refractivity contribution in [2.24, 2.45) is 0 Å². The molecule has 1 amide bonds. The van der Waals surface area contributed by atoms with E-state index in [-0.39, 0.29) is 11.7 Å². The topological polar surface area (TPSA) is 109 Å². The summed E-state index contributed by atoms with van der Waals surface area (Å²) >= 11 is 1.28. The van der Waals surface area contributed by atoms with Gasteiger partial charge in [-0.3, -0.25) is 4.79 Å². The Morgan fingerprint density at radius 2 is 1.81 bits per heavy atom. The van der Waals surface area contributed by atoms with Crippen molar-refractivity contribution in [1.82, 2.24) is 24.6 Å². The van der Waals surface area contributed by atoms with Crippen molar-refractivity contribution < 1.29 is 4.79 Å². The molecule has 3 rings (SSSR count). The largest absolute Gasteiger partial charge is 0.355 e. The fourth-order valence-electron chi connectivity index (χ4n) is 2.36. The maximum absolute atomic E-state index is 12.2. The summed E-state index contributed by atoms with van der Waals surface area (Å²) in [5.74, 6) is 1.59. The fourth-order valence-corrected chi connectivity index (χ4v) is 3.09. The summed E-state index contributed by atoms with van der Waals surface area (Å²) in [4.78, 5) is 21.0. The lowest BCUT2D eigenvalue weighted by Crippen LogP contribution is -2.15. The van der Waals surface area contributed by atoms with Gasteiger partial charge in [-0.25, -0.2) is 4.40 Å². The molecular weight excluding hydrogens is 364 g/mol. The number of amides is 1. The Hall–Kier alpha value is -2.88. The van der Waals surface area contributed by atoms with Crippen molar-refractivity contribution in [2.75, 3.05) is 34.8 Å². The third-order valence-corrected chi connectivity index (χ3v) is 4.51. The lowest BCUT2D eigenvalue weighted by molar-refractivity contribution is -0.113. The monoisotopic (exact) mass is 386 g/mol. The molecule has 0 aliphatic carbocycles. The second kappa shape index (κ2) is 8.67. The van der Waals surface area contributed by atoms with E-state index in [2.05, 4.69) is 36.1 Å². The first-order chi connectivity index (χ1) is 13.1. The highest BCUT2D eigenvalue weighted by molar-refractivity contribution is 7.99. The van der Waals surface area contributed by atoms with Gasteiger partial charge in [-0.2, -0.15) is 9.97 Å². The number of aromatic nitrogens is 5. The fraction of sp³-hybridized carbons (Fsp3) is 0.353. The van der Waals surface area contributed by atoms with Gasteiger partial charge in [-0.05, 0) is 32.9 Å². The standard InChI is InChI=1S/C17H22N8OS/c1-4-18-14-21-15(19-5-2)25-16(22-14)23-24-17(25)27-10-13(26)20-12-8-6-11(3)7-9-12/h6-9H,4-5,10H2,1-3H3,(H,20,26)(H2,18,19,21,22,23). The Balaban J connectivity index is 1.74. The Morgan fingerprint density at radius 1 is 1.07 bits per heavy atom. The van der Waals surface area contributed by atoms with Gasteiger partial charge in [0.25, 0.3) is 5.78 Å². The summed E-state index contributed by atoms with van der Waals surface area (Å²) < 4.78 is 1.72. The molecule has 0 saturated heterocycles. The van der Waals surface area contributed by atoms with E-state index < -0.39 is 0 Å². The maximum atomic E-state index is 12.2. The Bertz CT molecular complexity index is 925. The molecule has 3 N–H and O–H groups in total. The average molecular weight is 386 g/mol. The molecule has 0 fully saturated rings. The molecule has 0 radical (unpaired) electrons. The second-order valence-electron chi connectivity index (χ2n) is 5.75. The quantitative estimate of drug-likeness (QED) is 0.507. The van der Waals surface area contributed by atoms with E-state index in [0.29, 0.717) is 35.9 Å². The normalized spacial score (nSPS) is 10.8. The van der Waals surface area contributed by atoms with Crippen LogP contribution in [0.25, 0.3) is 5.78 Å². The molecule has 0 bridgehead atoms. The van der Waals surface area contributed by atoms with Gasteiger partial charge in [0.1, 0.15) is 0 Å². The Kier molecular flexibility index (Phi) is 6.07. The van der Waals surface area contributed by atoms with Crippen LogP contribution in [0.3, 0.4) is 0 Å².